The highest BCUT2D eigenvalue weighted by Crippen LogP contribution is 2.42. The van der Waals surface area contributed by atoms with Gasteiger partial charge < -0.3 is 9.64 Å². The Morgan fingerprint density at radius 1 is 1.14 bits per heavy atom. The van der Waals surface area contributed by atoms with E-state index in [2.05, 4.69) is 67.4 Å². The minimum Gasteiger partial charge on any atom is -0.497 e. The molecular weight excluding hydrogens is 270 g/mol. The van der Waals surface area contributed by atoms with Crippen molar-refractivity contribution in [2.45, 2.75) is 31.7 Å². The summed E-state index contributed by atoms with van der Waals surface area (Å²) < 4.78 is 5.45. The van der Waals surface area contributed by atoms with Crippen LogP contribution in [0.15, 0.2) is 48.5 Å². The van der Waals surface area contributed by atoms with Gasteiger partial charge in [0.2, 0.25) is 0 Å². The number of nitrogens with zero attached hydrogens (tertiary/aromatic N) is 1. The Kier molecular flexibility index (Phi) is 4.49. The first-order valence-electron chi connectivity index (χ1n) is 8.16. The third-order valence-electron chi connectivity index (χ3n) is 4.80. The number of methoxy groups -OCH3 is 1. The van der Waals surface area contributed by atoms with E-state index < -0.39 is 0 Å². The van der Waals surface area contributed by atoms with E-state index in [4.69, 9.17) is 4.74 Å². The lowest BCUT2D eigenvalue weighted by Gasteiger charge is -2.30. The summed E-state index contributed by atoms with van der Waals surface area (Å²) >= 11 is 0. The number of benzene rings is 2. The van der Waals surface area contributed by atoms with Crippen LogP contribution in [0.2, 0.25) is 0 Å². The Morgan fingerprint density at radius 3 is 2.59 bits per heavy atom. The Bertz CT molecular complexity index is 623. The number of hydrogen-bond acceptors (Lipinski definition) is 2. The van der Waals surface area contributed by atoms with Crippen molar-refractivity contribution in [1.82, 2.24) is 4.90 Å². The molecule has 0 spiro atoms. The van der Waals surface area contributed by atoms with Crippen LogP contribution >= 0.6 is 0 Å². The molecule has 0 unspecified atom stereocenters. The first-order chi connectivity index (χ1) is 10.7. The fourth-order valence-corrected chi connectivity index (χ4v) is 3.72. The lowest BCUT2D eigenvalue weighted by atomic mass is 9.89. The molecule has 116 valence electrons. The van der Waals surface area contributed by atoms with Crippen molar-refractivity contribution in [3.63, 3.8) is 0 Å². The normalized spacial score (nSPS) is 20.2. The molecule has 0 heterocycles. The van der Waals surface area contributed by atoms with Crippen LogP contribution in [0, 0.1) is 0 Å². The molecule has 0 amide bonds. The summed E-state index contributed by atoms with van der Waals surface area (Å²) in [7, 11) is 4.00. The molecule has 0 aromatic heterocycles. The van der Waals surface area contributed by atoms with Gasteiger partial charge >= 0.3 is 0 Å². The number of rotatable bonds is 5. The second-order valence-electron chi connectivity index (χ2n) is 6.21. The maximum Gasteiger partial charge on any atom is 0.119 e. The van der Waals surface area contributed by atoms with Crippen molar-refractivity contribution >= 4 is 0 Å². The summed E-state index contributed by atoms with van der Waals surface area (Å²) in [5, 5.41) is 0. The highest BCUT2D eigenvalue weighted by Gasteiger charge is 2.35. The highest BCUT2D eigenvalue weighted by molar-refractivity contribution is 5.48. The molecular formula is C20H25NO. The Balaban J connectivity index is 2.03. The standard InChI is InChI=1S/C20H25NO/c1-4-12-21(2)19-13-16-10-11-17(22-3)14-18(16)20(19)15-8-6-5-7-9-15/h5-11,14,19-20H,4,12-13H2,1-3H3/t19-,20-/m1/s1. The zero-order chi connectivity index (χ0) is 15.5. The molecule has 2 heteroatoms. The Labute approximate surface area is 133 Å². The van der Waals surface area contributed by atoms with Gasteiger partial charge in [-0.15, -0.1) is 0 Å². The molecule has 22 heavy (non-hydrogen) atoms. The topological polar surface area (TPSA) is 12.5 Å². The van der Waals surface area contributed by atoms with Crippen LogP contribution in [0.4, 0.5) is 0 Å². The minimum atomic E-state index is 0.433. The average Bonchev–Trinajstić information content (AvgIpc) is 2.94. The van der Waals surface area contributed by atoms with Gasteiger partial charge in [-0.05, 0) is 55.3 Å². The SMILES string of the molecule is CCCN(C)[C@@H]1Cc2ccc(OC)cc2[C@H]1c1ccccc1. The molecule has 1 aliphatic rings. The van der Waals surface area contributed by atoms with E-state index in [1.807, 2.05) is 0 Å². The van der Waals surface area contributed by atoms with E-state index >= 15 is 0 Å². The zero-order valence-electron chi connectivity index (χ0n) is 13.8. The number of likely N-dealkylation sites (N-methyl/N-ethyl adjacent to an activating group) is 1. The van der Waals surface area contributed by atoms with Gasteiger partial charge in [-0.1, -0.05) is 43.3 Å². The predicted octanol–water partition coefficient (Wildman–Crippen LogP) is 4.09. The molecule has 2 atom stereocenters. The number of fused-ring (bicyclic) bond motifs is 1. The van der Waals surface area contributed by atoms with Gasteiger partial charge in [-0.2, -0.15) is 0 Å². The van der Waals surface area contributed by atoms with Crippen LogP contribution in [0.5, 0.6) is 5.75 Å². The van der Waals surface area contributed by atoms with E-state index in [9.17, 15) is 0 Å². The van der Waals surface area contributed by atoms with Gasteiger partial charge in [-0.3, -0.25) is 0 Å². The number of ether oxygens (including phenoxy) is 1. The van der Waals surface area contributed by atoms with Crippen molar-refractivity contribution in [2.24, 2.45) is 0 Å². The second kappa shape index (κ2) is 6.53. The first-order valence-corrected chi connectivity index (χ1v) is 8.16. The van der Waals surface area contributed by atoms with Crippen LogP contribution in [0.3, 0.4) is 0 Å². The van der Waals surface area contributed by atoms with Crippen LogP contribution < -0.4 is 4.74 Å². The van der Waals surface area contributed by atoms with Gasteiger partial charge in [0.15, 0.2) is 0 Å². The predicted molar refractivity (Wildman–Crippen MR) is 91.7 cm³/mol. The van der Waals surface area contributed by atoms with Gasteiger partial charge in [0.05, 0.1) is 7.11 Å². The summed E-state index contributed by atoms with van der Waals surface area (Å²) in [4.78, 5) is 2.52. The van der Waals surface area contributed by atoms with Crippen molar-refractivity contribution in [2.75, 3.05) is 20.7 Å². The quantitative estimate of drug-likeness (QED) is 0.823. The van der Waals surface area contributed by atoms with E-state index in [0.29, 0.717) is 12.0 Å². The molecule has 3 rings (SSSR count). The average molecular weight is 295 g/mol. The van der Waals surface area contributed by atoms with Crippen LogP contribution in [0.1, 0.15) is 36.0 Å². The maximum absolute atomic E-state index is 5.45. The fourth-order valence-electron chi connectivity index (χ4n) is 3.72. The van der Waals surface area contributed by atoms with Crippen molar-refractivity contribution < 1.29 is 4.74 Å². The summed E-state index contributed by atoms with van der Waals surface area (Å²) in [5.74, 6) is 1.39. The fraction of sp³-hybridized carbons (Fsp3) is 0.400. The molecule has 2 nitrogen and oxygen atoms in total. The Hall–Kier alpha value is -1.80. The molecule has 0 N–H and O–H groups in total. The van der Waals surface area contributed by atoms with Crippen molar-refractivity contribution in [1.29, 1.82) is 0 Å². The van der Waals surface area contributed by atoms with E-state index in [0.717, 1.165) is 18.7 Å². The zero-order valence-corrected chi connectivity index (χ0v) is 13.8. The first kappa shape index (κ1) is 15.1. The summed E-state index contributed by atoms with van der Waals surface area (Å²) in [6.45, 7) is 3.39. The van der Waals surface area contributed by atoms with E-state index in [-0.39, 0.29) is 0 Å². The third-order valence-corrected chi connectivity index (χ3v) is 4.80. The lowest BCUT2D eigenvalue weighted by molar-refractivity contribution is 0.233. The largest absolute Gasteiger partial charge is 0.497 e. The highest BCUT2D eigenvalue weighted by atomic mass is 16.5. The van der Waals surface area contributed by atoms with Gasteiger partial charge in [0.1, 0.15) is 5.75 Å². The van der Waals surface area contributed by atoms with Gasteiger partial charge in [0, 0.05) is 12.0 Å². The van der Waals surface area contributed by atoms with Crippen molar-refractivity contribution in [3.05, 3.63) is 65.2 Å². The molecule has 0 saturated carbocycles. The molecule has 0 fully saturated rings. The molecule has 2 aromatic carbocycles. The minimum absolute atomic E-state index is 0.433. The molecule has 0 saturated heterocycles. The lowest BCUT2D eigenvalue weighted by Crippen LogP contribution is -2.36. The van der Waals surface area contributed by atoms with Crippen LogP contribution in [-0.4, -0.2) is 31.6 Å². The maximum atomic E-state index is 5.45. The Morgan fingerprint density at radius 2 is 1.91 bits per heavy atom. The van der Waals surface area contributed by atoms with Gasteiger partial charge in [-0.25, -0.2) is 0 Å². The molecule has 1 aliphatic carbocycles. The van der Waals surface area contributed by atoms with Crippen molar-refractivity contribution in [3.8, 4) is 5.75 Å². The third kappa shape index (κ3) is 2.76. The number of hydrogen-bond donors (Lipinski definition) is 0. The second-order valence-corrected chi connectivity index (χ2v) is 6.21. The molecule has 0 aliphatic heterocycles. The van der Waals surface area contributed by atoms with E-state index in [1.54, 1.807) is 7.11 Å². The smallest absolute Gasteiger partial charge is 0.119 e. The molecule has 0 radical (unpaired) electrons. The van der Waals surface area contributed by atoms with Gasteiger partial charge in [0.25, 0.3) is 0 Å². The van der Waals surface area contributed by atoms with Crippen LogP contribution in [0.25, 0.3) is 0 Å². The summed E-state index contributed by atoms with van der Waals surface area (Å²) in [6.07, 6.45) is 2.31. The summed E-state index contributed by atoms with van der Waals surface area (Å²) in [6, 6.07) is 18.0. The summed E-state index contributed by atoms with van der Waals surface area (Å²) in [5.41, 5.74) is 4.29. The molecule has 2 aromatic rings. The monoisotopic (exact) mass is 295 g/mol. The van der Waals surface area contributed by atoms with Crippen LogP contribution in [-0.2, 0) is 6.42 Å². The van der Waals surface area contributed by atoms with E-state index in [1.165, 1.54) is 23.1 Å². The molecule has 0 bridgehead atoms.